The summed E-state index contributed by atoms with van der Waals surface area (Å²) in [4.78, 5) is 54.5. The summed E-state index contributed by atoms with van der Waals surface area (Å²) in [6, 6.07) is -0.801. The fourth-order valence-electron chi connectivity index (χ4n) is 6.34. The summed E-state index contributed by atoms with van der Waals surface area (Å²) < 4.78 is 16.2. The van der Waals surface area contributed by atoms with Crippen LogP contribution in [0.1, 0.15) is 85.0 Å². The predicted octanol–water partition coefficient (Wildman–Crippen LogP) is 2.14. The standard InChI is InChI=1S/C24H38N4O7/c1-23(2,3)35-22(32)28-18-8-5-9-24(28,13-15(26)12-18)34-20(30)19(29)33-21(31)27-16-6-4-7-17(27)11-14(25)10-16/h14-18H,4-13,25-26H2,1-3H3. The molecule has 0 aromatic heterocycles. The van der Waals surface area contributed by atoms with E-state index in [1.54, 1.807) is 25.7 Å². The van der Waals surface area contributed by atoms with Crippen LogP contribution in [0.15, 0.2) is 0 Å². The fraction of sp³-hybridized carbons (Fsp3) is 0.833. The quantitative estimate of drug-likeness (QED) is 0.241. The Bertz CT molecular complexity index is 860. The normalized spacial score (nSPS) is 34.6. The number of piperidine rings is 4. The van der Waals surface area contributed by atoms with Gasteiger partial charge in [-0.25, -0.2) is 19.2 Å². The van der Waals surface area contributed by atoms with Crippen LogP contribution in [0.3, 0.4) is 0 Å². The molecule has 0 saturated carbocycles. The number of fused-ring (bicyclic) bond motifs is 4. The molecule has 4 saturated heterocycles. The summed E-state index contributed by atoms with van der Waals surface area (Å²) in [5.41, 5.74) is 10.2. The second kappa shape index (κ2) is 9.57. The third-order valence-electron chi connectivity index (χ3n) is 7.51. The lowest BCUT2D eigenvalue weighted by Crippen LogP contribution is -2.67. The maximum atomic E-state index is 13.1. The number of ether oxygens (including phenoxy) is 3. The first-order valence-electron chi connectivity index (χ1n) is 12.7. The zero-order valence-corrected chi connectivity index (χ0v) is 20.9. The lowest BCUT2D eigenvalue weighted by Gasteiger charge is -2.54. The first-order chi connectivity index (χ1) is 16.4. The van der Waals surface area contributed by atoms with Gasteiger partial charge in [-0.05, 0) is 72.1 Å². The first kappa shape index (κ1) is 25.7. The average molecular weight is 495 g/mol. The molecule has 0 aliphatic carbocycles. The maximum Gasteiger partial charge on any atom is 0.426 e. The Kier molecular flexibility index (Phi) is 7.02. The minimum Gasteiger partial charge on any atom is -0.444 e. The van der Waals surface area contributed by atoms with Crippen molar-refractivity contribution in [3.05, 3.63) is 0 Å². The van der Waals surface area contributed by atoms with Crippen LogP contribution in [0.4, 0.5) is 9.59 Å². The number of nitrogens with two attached hydrogens (primary N) is 2. The Morgan fingerprint density at radius 2 is 1.43 bits per heavy atom. The summed E-state index contributed by atoms with van der Waals surface area (Å²) in [6.07, 6.45) is 4.76. The van der Waals surface area contributed by atoms with E-state index in [1.165, 1.54) is 4.90 Å². The van der Waals surface area contributed by atoms with Crippen LogP contribution in [0.5, 0.6) is 0 Å². The zero-order valence-electron chi connectivity index (χ0n) is 20.9. The highest BCUT2D eigenvalue weighted by Gasteiger charge is 2.55. The van der Waals surface area contributed by atoms with Gasteiger partial charge < -0.3 is 30.6 Å². The van der Waals surface area contributed by atoms with Crippen LogP contribution in [0.2, 0.25) is 0 Å². The second-order valence-electron chi connectivity index (χ2n) is 11.5. The summed E-state index contributed by atoms with van der Waals surface area (Å²) in [5.74, 6) is -2.72. The first-order valence-corrected chi connectivity index (χ1v) is 12.7. The second-order valence-corrected chi connectivity index (χ2v) is 11.5. The largest absolute Gasteiger partial charge is 0.444 e. The summed E-state index contributed by atoms with van der Waals surface area (Å²) >= 11 is 0. The molecule has 4 fully saturated rings. The highest BCUT2D eigenvalue weighted by molar-refractivity contribution is 6.31. The Morgan fingerprint density at radius 1 is 0.829 bits per heavy atom. The number of amides is 2. The predicted molar refractivity (Wildman–Crippen MR) is 124 cm³/mol. The van der Waals surface area contributed by atoms with Crippen molar-refractivity contribution >= 4 is 24.1 Å². The van der Waals surface area contributed by atoms with Gasteiger partial charge >= 0.3 is 24.1 Å². The van der Waals surface area contributed by atoms with E-state index < -0.39 is 35.5 Å². The third kappa shape index (κ3) is 5.40. The molecule has 0 aromatic rings. The lowest BCUT2D eigenvalue weighted by molar-refractivity contribution is -0.214. The van der Waals surface area contributed by atoms with Gasteiger partial charge in [-0.15, -0.1) is 0 Å². The van der Waals surface area contributed by atoms with E-state index in [2.05, 4.69) is 0 Å². The Balaban J connectivity index is 1.47. The highest BCUT2D eigenvalue weighted by atomic mass is 16.6. The molecular formula is C24H38N4O7. The molecule has 5 unspecified atom stereocenters. The molecule has 4 bridgehead atoms. The molecule has 4 N–H and O–H groups in total. The van der Waals surface area contributed by atoms with Crippen LogP contribution < -0.4 is 11.5 Å². The number of carbonyl (C=O) groups excluding carboxylic acids is 4. The lowest BCUT2D eigenvalue weighted by atomic mass is 9.79. The van der Waals surface area contributed by atoms with E-state index in [-0.39, 0.29) is 36.6 Å². The van der Waals surface area contributed by atoms with Crippen molar-refractivity contribution in [1.29, 1.82) is 0 Å². The average Bonchev–Trinajstić information content (AvgIpc) is 2.70. The van der Waals surface area contributed by atoms with Crippen molar-refractivity contribution < 1.29 is 33.4 Å². The Hall–Kier alpha value is -2.40. The molecule has 4 rings (SSSR count). The molecule has 4 heterocycles. The molecule has 2 amide bonds. The molecule has 35 heavy (non-hydrogen) atoms. The molecule has 4 aliphatic rings. The molecule has 11 heteroatoms. The van der Waals surface area contributed by atoms with Crippen molar-refractivity contribution in [3.63, 3.8) is 0 Å². The van der Waals surface area contributed by atoms with Gasteiger partial charge in [0.25, 0.3) is 0 Å². The topological polar surface area (TPSA) is 154 Å². The van der Waals surface area contributed by atoms with Crippen LogP contribution in [0, 0.1) is 0 Å². The van der Waals surface area contributed by atoms with E-state index in [9.17, 15) is 19.2 Å². The van der Waals surface area contributed by atoms with Gasteiger partial charge in [-0.3, -0.25) is 4.90 Å². The van der Waals surface area contributed by atoms with Crippen LogP contribution in [-0.2, 0) is 23.8 Å². The van der Waals surface area contributed by atoms with Crippen molar-refractivity contribution in [2.45, 2.75) is 127 Å². The smallest absolute Gasteiger partial charge is 0.426 e. The van der Waals surface area contributed by atoms with Gasteiger partial charge in [0.15, 0.2) is 5.72 Å². The van der Waals surface area contributed by atoms with Gasteiger partial charge in [0.1, 0.15) is 5.60 Å². The third-order valence-corrected chi connectivity index (χ3v) is 7.51. The van der Waals surface area contributed by atoms with E-state index in [4.69, 9.17) is 25.7 Å². The maximum absolute atomic E-state index is 13.1. The van der Waals surface area contributed by atoms with Gasteiger partial charge in [0.05, 0.1) is 0 Å². The molecule has 0 aromatic carbocycles. The number of carbonyl (C=O) groups is 4. The number of nitrogens with zero attached hydrogens (tertiary/aromatic N) is 2. The van der Waals surface area contributed by atoms with E-state index >= 15 is 0 Å². The van der Waals surface area contributed by atoms with Crippen LogP contribution >= 0.6 is 0 Å². The number of hydrogen-bond acceptors (Lipinski definition) is 9. The molecule has 0 radical (unpaired) electrons. The van der Waals surface area contributed by atoms with E-state index in [0.29, 0.717) is 38.5 Å². The zero-order chi connectivity index (χ0) is 25.5. The Morgan fingerprint density at radius 3 is 2.06 bits per heavy atom. The molecule has 11 nitrogen and oxygen atoms in total. The van der Waals surface area contributed by atoms with Crippen molar-refractivity contribution in [1.82, 2.24) is 9.80 Å². The van der Waals surface area contributed by atoms with Gasteiger partial charge in [0.2, 0.25) is 0 Å². The fourth-order valence-corrected chi connectivity index (χ4v) is 6.34. The van der Waals surface area contributed by atoms with Crippen molar-refractivity contribution in [2.24, 2.45) is 11.5 Å². The van der Waals surface area contributed by atoms with E-state index in [1.807, 2.05) is 0 Å². The van der Waals surface area contributed by atoms with Crippen LogP contribution in [-0.4, -0.2) is 75.5 Å². The molecule has 0 spiro atoms. The monoisotopic (exact) mass is 494 g/mol. The number of esters is 2. The number of rotatable bonds is 1. The van der Waals surface area contributed by atoms with Crippen molar-refractivity contribution in [3.8, 4) is 0 Å². The summed E-state index contributed by atoms with van der Waals surface area (Å²) in [5, 5.41) is 0. The van der Waals surface area contributed by atoms with E-state index in [0.717, 1.165) is 19.3 Å². The molecule has 4 aliphatic heterocycles. The summed E-state index contributed by atoms with van der Waals surface area (Å²) in [6.45, 7) is 5.25. The summed E-state index contributed by atoms with van der Waals surface area (Å²) in [7, 11) is 0. The molecule has 5 atom stereocenters. The molecule has 196 valence electrons. The van der Waals surface area contributed by atoms with Crippen molar-refractivity contribution in [2.75, 3.05) is 0 Å². The highest BCUT2D eigenvalue weighted by Crippen LogP contribution is 2.43. The van der Waals surface area contributed by atoms with Gasteiger partial charge in [-0.2, -0.15) is 0 Å². The number of hydrogen-bond donors (Lipinski definition) is 2. The Labute approximate surface area is 205 Å². The van der Waals surface area contributed by atoms with Gasteiger partial charge in [0, 0.05) is 43.1 Å². The minimum absolute atomic E-state index is 0.00251. The molecular weight excluding hydrogens is 456 g/mol. The van der Waals surface area contributed by atoms with Crippen LogP contribution in [0.25, 0.3) is 0 Å². The SMILES string of the molecule is CC(C)(C)OC(=O)N1C2CCCC1(OC(=O)C(=O)OC(=O)N1C3CCCC1CC(N)C3)CC(N)C2. The van der Waals surface area contributed by atoms with Gasteiger partial charge in [-0.1, -0.05) is 0 Å². The minimum atomic E-state index is -1.42.